The van der Waals surface area contributed by atoms with Gasteiger partial charge in [-0.05, 0) is 31.2 Å². The van der Waals surface area contributed by atoms with Crippen molar-refractivity contribution in [2.24, 2.45) is 0 Å². The van der Waals surface area contributed by atoms with E-state index in [9.17, 15) is 4.79 Å². The van der Waals surface area contributed by atoms with Gasteiger partial charge in [-0.3, -0.25) is 9.36 Å². The number of para-hydroxylation sites is 1. The second-order valence-corrected chi connectivity index (χ2v) is 5.66. The fraction of sp³-hybridized carbons (Fsp3) is 0.111. The maximum absolute atomic E-state index is 12.6. The lowest BCUT2D eigenvalue weighted by Crippen LogP contribution is -2.21. The predicted octanol–water partition coefficient (Wildman–Crippen LogP) is 2.33. The first-order valence-electron chi connectivity index (χ1n) is 7.63. The van der Waals surface area contributed by atoms with Crippen LogP contribution in [0.4, 0.5) is 0 Å². The van der Waals surface area contributed by atoms with Gasteiger partial charge in [0.25, 0.3) is 5.56 Å². The topological polar surface area (TPSA) is 65.6 Å². The monoisotopic (exact) mass is 317 g/mol. The molecule has 24 heavy (non-hydrogen) atoms. The second kappa shape index (κ2) is 5.73. The second-order valence-electron chi connectivity index (χ2n) is 5.66. The van der Waals surface area contributed by atoms with Gasteiger partial charge in [-0.1, -0.05) is 29.8 Å². The zero-order chi connectivity index (χ0) is 16.5. The minimum Gasteiger partial charge on any atom is -0.293 e. The number of benzene rings is 2. The molecule has 118 valence electrons. The fourth-order valence-corrected chi connectivity index (χ4v) is 2.61. The van der Waals surface area contributed by atoms with Crippen molar-refractivity contribution in [2.75, 3.05) is 0 Å². The molecule has 0 bridgehead atoms. The van der Waals surface area contributed by atoms with E-state index in [4.69, 9.17) is 0 Å². The highest BCUT2D eigenvalue weighted by Gasteiger charge is 2.08. The zero-order valence-electron chi connectivity index (χ0n) is 13.1. The molecular formula is C18H15N5O. The number of hydrogen-bond acceptors (Lipinski definition) is 4. The Morgan fingerprint density at radius 3 is 2.75 bits per heavy atom. The average molecular weight is 317 g/mol. The highest BCUT2D eigenvalue weighted by Crippen LogP contribution is 2.10. The van der Waals surface area contributed by atoms with Crippen LogP contribution in [-0.4, -0.2) is 24.5 Å². The van der Waals surface area contributed by atoms with Gasteiger partial charge >= 0.3 is 0 Å². The highest BCUT2D eigenvalue weighted by molar-refractivity contribution is 5.77. The maximum Gasteiger partial charge on any atom is 0.261 e. The minimum absolute atomic E-state index is 0.0713. The van der Waals surface area contributed by atoms with E-state index in [0.29, 0.717) is 23.1 Å². The summed E-state index contributed by atoms with van der Waals surface area (Å²) < 4.78 is 1.56. The first-order valence-corrected chi connectivity index (χ1v) is 7.63. The molecule has 0 saturated heterocycles. The van der Waals surface area contributed by atoms with Crippen LogP contribution >= 0.6 is 0 Å². The third kappa shape index (κ3) is 2.58. The Kier molecular flexibility index (Phi) is 3.42. The Balaban J connectivity index is 1.69. The van der Waals surface area contributed by atoms with Crippen molar-refractivity contribution >= 4 is 10.9 Å². The SMILES string of the molecule is Cc1ccc2ncn(Cc3cnn(-c4ccccc4)n3)c(=O)c2c1. The lowest BCUT2D eigenvalue weighted by atomic mass is 10.2. The van der Waals surface area contributed by atoms with E-state index < -0.39 is 0 Å². The molecule has 4 rings (SSSR count). The predicted molar refractivity (Wildman–Crippen MR) is 91.2 cm³/mol. The van der Waals surface area contributed by atoms with Gasteiger partial charge in [0.15, 0.2) is 0 Å². The molecule has 0 atom stereocenters. The van der Waals surface area contributed by atoms with Crippen molar-refractivity contribution in [3.63, 3.8) is 0 Å². The molecule has 6 nitrogen and oxygen atoms in total. The van der Waals surface area contributed by atoms with Crippen LogP contribution < -0.4 is 5.56 Å². The van der Waals surface area contributed by atoms with E-state index in [-0.39, 0.29) is 5.56 Å². The van der Waals surface area contributed by atoms with E-state index >= 15 is 0 Å². The summed E-state index contributed by atoms with van der Waals surface area (Å²) in [6.07, 6.45) is 3.22. The van der Waals surface area contributed by atoms with E-state index in [1.807, 2.05) is 55.5 Å². The van der Waals surface area contributed by atoms with Crippen LogP contribution in [0.3, 0.4) is 0 Å². The van der Waals surface area contributed by atoms with Crippen molar-refractivity contribution in [2.45, 2.75) is 13.5 Å². The van der Waals surface area contributed by atoms with Gasteiger partial charge in [-0.25, -0.2) is 4.98 Å². The van der Waals surface area contributed by atoms with Crippen molar-refractivity contribution in [1.29, 1.82) is 0 Å². The summed E-state index contributed by atoms with van der Waals surface area (Å²) in [7, 11) is 0. The normalized spacial score (nSPS) is 11.0. The summed E-state index contributed by atoms with van der Waals surface area (Å²) in [5.74, 6) is 0. The van der Waals surface area contributed by atoms with Gasteiger partial charge in [-0.15, -0.1) is 0 Å². The lowest BCUT2D eigenvalue weighted by Gasteiger charge is -2.05. The standard InChI is InChI=1S/C18H15N5O/c1-13-7-8-17-16(9-13)18(24)22(12-19-17)11-14-10-20-23(21-14)15-5-3-2-4-6-15/h2-10,12H,11H2,1H3. The smallest absolute Gasteiger partial charge is 0.261 e. The molecule has 0 spiro atoms. The number of hydrogen-bond donors (Lipinski definition) is 0. The Labute approximate surface area is 138 Å². The quantitative estimate of drug-likeness (QED) is 0.582. The summed E-state index contributed by atoms with van der Waals surface area (Å²) in [5.41, 5.74) is 3.25. The summed E-state index contributed by atoms with van der Waals surface area (Å²) in [4.78, 5) is 18.5. The molecule has 0 unspecified atom stereocenters. The first kappa shape index (κ1) is 14.3. The third-order valence-corrected chi connectivity index (χ3v) is 3.84. The third-order valence-electron chi connectivity index (χ3n) is 3.84. The Morgan fingerprint density at radius 1 is 1.08 bits per heavy atom. The Bertz CT molecular complexity index is 1070. The first-order chi connectivity index (χ1) is 11.7. The molecule has 0 aliphatic rings. The maximum atomic E-state index is 12.6. The van der Waals surface area contributed by atoms with Gasteiger partial charge < -0.3 is 0 Å². The number of aryl methyl sites for hydroxylation is 1. The molecule has 2 heterocycles. The van der Waals surface area contributed by atoms with Crippen molar-refractivity contribution in [3.05, 3.63) is 82.7 Å². The van der Waals surface area contributed by atoms with Crippen molar-refractivity contribution in [1.82, 2.24) is 24.5 Å². The van der Waals surface area contributed by atoms with Gasteiger partial charge in [0.05, 0.1) is 35.7 Å². The largest absolute Gasteiger partial charge is 0.293 e. The van der Waals surface area contributed by atoms with Crippen molar-refractivity contribution in [3.8, 4) is 5.69 Å². The Hall–Kier alpha value is -3.28. The molecule has 4 aromatic rings. The molecule has 0 radical (unpaired) electrons. The van der Waals surface area contributed by atoms with Crippen LogP contribution in [-0.2, 0) is 6.54 Å². The van der Waals surface area contributed by atoms with Crippen LogP contribution in [0.25, 0.3) is 16.6 Å². The van der Waals surface area contributed by atoms with Gasteiger partial charge in [0.2, 0.25) is 0 Å². The van der Waals surface area contributed by atoms with Crippen LogP contribution in [0, 0.1) is 6.92 Å². The molecule has 2 aromatic heterocycles. The van der Waals surface area contributed by atoms with Gasteiger partial charge in [0.1, 0.15) is 5.69 Å². The molecule has 0 aliphatic heterocycles. The summed E-state index contributed by atoms with van der Waals surface area (Å²) in [5, 5.41) is 9.31. The molecule has 2 aromatic carbocycles. The number of nitrogens with zero attached hydrogens (tertiary/aromatic N) is 5. The van der Waals surface area contributed by atoms with E-state index in [1.54, 1.807) is 21.9 Å². The van der Waals surface area contributed by atoms with E-state index in [2.05, 4.69) is 15.2 Å². The number of rotatable bonds is 3. The highest BCUT2D eigenvalue weighted by atomic mass is 16.1. The lowest BCUT2D eigenvalue weighted by molar-refractivity contribution is 0.694. The van der Waals surface area contributed by atoms with E-state index in [0.717, 1.165) is 11.3 Å². The molecule has 0 fully saturated rings. The van der Waals surface area contributed by atoms with E-state index in [1.165, 1.54) is 0 Å². The Morgan fingerprint density at radius 2 is 1.92 bits per heavy atom. The fourth-order valence-electron chi connectivity index (χ4n) is 2.61. The number of fused-ring (bicyclic) bond motifs is 1. The molecule has 0 N–H and O–H groups in total. The van der Waals surface area contributed by atoms with Crippen molar-refractivity contribution < 1.29 is 0 Å². The van der Waals surface area contributed by atoms with Crippen LogP contribution in [0.5, 0.6) is 0 Å². The molecule has 0 aliphatic carbocycles. The molecule has 0 saturated carbocycles. The molecule has 6 heteroatoms. The minimum atomic E-state index is -0.0713. The average Bonchev–Trinajstić information content (AvgIpc) is 3.07. The molecular weight excluding hydrogens is 302 g/mol. The summed E-state index contributed by atoms with van der Waals surface area (Å²) in [6.45, 7) is 2.30. The number of aromatic nitrogens is 5. The molecule has 0 amide bonds. The van der Waals surface area contributed by atoms with Crippen LogP contribution in [0.2, 0.25) is 0 Å². The van der Waals surface area contributed by atoms with Crippen LogP contribution in [0.1, 0.15) is 11.3 Å². The van der Waals surface area contributed by atoms with Gasteiger partial charge in [0, 0.05) is 0 Å². The summed E-state index contributed by atoms with van der Waals surface area (Å²) in [6, 6.07) is 15.3. The zero-order valence-corrected chi connectivity index (χ0v) is 13.1. The van der Waals surface area contributed by atoms with Gasteiger partial charge in [-0.2, -0.15) is 15.0 Å². The summed E-state index contributed by atoms with van der Waals surface area (Å²) >= 11 is 0. The van der Waals surface area contributed by atoms with Crippen LogP contribution in [0.15, 0.2) is 65.8 Å².